The summed E-state index contributed by atoms with van der Waals surface area (Å²) in [5, 5.41) is 12.8. The number of aromatic hydroxyl groups is 1. The molecule has 4 heteroatoms. The standard InChI is InChI=1S/C22H18O4/c23-19-7-3-6-17-20(24)13-18(22(21(17)19)25-10-11-26-22)16-9-8-14-4-1-2-5-15(14)12-16/h1-9,12,18,23H,10-11,13H2. The summed E-state index contributed by atoms with van der Waals surface area (Å²) in [5.74, 6) is -1.37. The Morgan fingerprint density at radius 2 is 1.69 bits per heavy atom. The van der Waals surface area contributed by atoms with Crippen LogP contribution >= 0.6 is 0 Å². The number of benzene rings is 3. The molecular weight excluding hydrogens is 328 g/mol. The molecule has 0 saturated carbocycles. The van der Waals surface area contributed by atoms with Gasteiger partial charge < -0.3 is 14.6 Å². The van der Waals surface area contributed by atoms with Gasteiger partial charge in [0.1, 0.15) is 5.75 Å². The lowest BCUT2D eigenvalue weighted by molar-refractivity contribution is -0.187. The van der Waals surface area contributed by atoms with Crippen molar-refractivity contribution in [3.8, 4) is 5.75 Å². The van der Waals surface area contributed by atoms with Crippen molar-refractivity contribution in [1.29, 1.82) is 0 Å². The van der Waals surface area contributed by atoms with Crippen molar-refractivity contribution < 1.29 is 19.4 Å². The van der Waals surface area contributed by atoms with Gasteiger partial charge in [-0.05, 0) is 22.4 Å². The number of hydrogen-bond donors (Lipinski definition) is 1. The van der Waals surface area contributed by atoms with Crippen LogP contribution in [-0.2, 0) is 15.3 Å². The predicted octanol–water partition coefficient (Wildman–Crippen LogP) is 4.12. The molecule has 5 rings (SSSR count). The second-order valence-electron chi connectivity index (χ2n) is 6.85. The monoisotopic (exact) mass is 346 g/mol. The number of phenols is 1. The minimum atomic E-state index is -1.11. The van der Waals surface area contributed by atoms with E-state index in [1.165, 1.54) is 0 Å². The molecule has 2 aliphatic rings. The van der Waals surface area contributed by atoms with Gasteiger partial charge in [0.25, 0.3) is 0 Å². The van der Waals surface area contributed by atoms with Gasteiger partial charge in [-0.15, -0.1) is 0 Å². The predicted molar refractivity (Wildman–Crippen MR) is 97.3 cm³/mol. The van der Waals surface area contributed by atoms with Crippen molar-refractivity contribution in [2.45, 2.75) is 18.1 Å². The third-order valence-corrected chi connectivity index (χ3v) is 5.43. The zero-order valence-corrected chi connectivity index (χ0v) is 14.1. The van der Waals surface area contributed by atoms with Gasteiger partial charge in [0.15, 0.2) is 5.78 Å². The lowest BCUT2D eigenvalue weighted by atomic mass is 9.74. The summed E-state index contributed by atoms with van der Waals surface area (Å²) in [6, 6.07) is 19.3. The number of hydrogen-bond acceptors (Lipinski definition) is 4. The topological polar surface area (TPSA) is 55.8 Å². The Bertz CT molecular complexity index is 1020. The number of phenolic OH excluding ortho intramolecular Hbond substituents is 1. The number of carbonyl (C=O) groups is 1. The molecule has 26 heavy (non-hydrogen) atoms. The van der Waals surface area contributed by atoms with Crippen LogP contribution in [0.5, 0.6) is 5.75 Å². The van der Waals surface area contributed by atoms with Crippen LogP contribution in [-0.4, -0.2) is 24.1 Å². The van der Waals surface area contributed by atoms with Gasteiger partial charge in [-0.3, -0.25) is 4.79 Å². The van der Waals surface area contributed by atoms with E-state index in [1.807, 2.05) is 18.2 Å². The van der Waals surface area contributed by atoms with E-state index < -0.39 is 5.79 Å². The summed E-state index contributed by atoms with van der Waals surface area (Å²) in [7, 11) is 0. The summed E-state index contributed by atoms with van der Waals surface area (Å²) in [6.07, 6.45) is 0.287. The largest absolute Gasteiger partial charge is 0.507 e. The van der Waals surface area contributed by atoms with Gasteiger partial charge in [0, 0.05) is 12.0 Å². The number of rotatable bonds is 1. The molecule has 1 aliphatic heterocycles. The Morgan fingerprint density at radius 1 is 0.923 bits per heavy atom. The van der Waals surface area contributed by atoms with E-state index in [2.05, 4.69) is 24.3 Å². The zero-order valence-electron chi connectivity index (χ0n) is 14.1. The quantitative estimate of drug-likeness (QED) is 0.720. The Labute approximate surface area is 151 Å². The molecule has 0 bridgehead atoms. The molecule has 1 heterocycles. The van der Waals surface area contributed by atoms with E-state index >= 15 is 0 Å². The summed E-state index contributed by atoms with van der Waals surface area (Å²) >= 11 is 0. The lowest BCUT2D eigenvalue weighted by Crippen LogP contribution is -2.41. The average molecular weight is 346 g/mol. The van der Waals surface area contributed by atoms with Crippen LogP contribution in [0.1, 0.15) is 33.8 Å². The van der Waals surface area contributed by atoms with Crippen molar-refractivity contribution in [3.63, 3.8) is 0 Å². The van der Waals surface area contributed by atoms with Crippen LogP contribution in [0.15, 0.2) is 60.7 Å². The van der Waals surface area contributed by atoms with Crippen LogP contribution in [0.4, 0.5) is 0 Å². The van der Waals surface area contributed by atoms with Crippen molar-refractivity contribution in [2.75, 3.05) is 13.2 Å². The molecule has 1 spiro atoms. The second kappa shape index (κ2) is 5.66. The molecule has 1 unspecified atom stereocenters. The van der Waals surface area contributed by atoms with Gasteiger partial charge in [-0.25, -0.2) is 0 Å². The van der Waals surface area contributed by atoms with E-state index in [1.54, 1.807) is 18.2 Å². The molecule has 1 atom stereocenters. The molecule has 1 N–H and O–H groups in total. The maximum Gasteiger partial charge on any atom is 0.206 e. The van der Waals surface area contributed by atoms with E-state index in [0.717, 1.165) is 16.3 Å². The second-order valence-corrected chi connectivity index (χ2v) is 6.85. The van der Waals surface area contributed by atoms with Crippen molar-refractivity contribution >= 4 is 16.6 Å². The lowest BCUT2D eigenvalue weighted by Gasteiger charge is -2.40. The maximum atomic E-state index is 12.8. The SMILES string of the molecule is O=C1CC(c2ccc3ccccc3c2)C2(OCCO2)c2c(O)cccc21. The van der Waals surface area contributed by atoms with Crippen LogP contribution in [0.3, 0.4) is 0 Å². The first kappa shape index (κ1) is 15.6. The van der Waals surface area contributed by atoms with Gasteiger partial charge in [0.2, 0.25) is 5.79 Å². The molecule has 1 aliphatic carbocycles. The van der Waals surface area contributed by atoms with E-state index in [4.69, 9.17) is 9.47 Å². The van der Waals surface area contributed by atoms with E-state index in [-0.39, 0.29) is 23.9 Å². The molecular formula is C22H18O4. The highest BCUT2D eigenvalue weighted by molar-refractivity contribution is 6.00. The van der Waals surface area contributed by atoms with Gasteiger partial charge >= 0.3 is 0 Å². The minimum Gasteiger partial charge on any atom is -0.507 e. The van der Waals surface area contributed by atoms with Crippen LogP contribution in [0.2, 0.25) is 0 Å². The first-order valence-electron chi connectivity index (χ1n) is 8.81. The van der Waals surface area contributed by atoms with E-state index in [9.17, 15) is 9.90 Å². The normalized spacial score (nSPS) is 21.2. The highest BCUT2D eigenvalue weighted by Gasteiger charge is 2.53. The van der Waals surface area contributed by atoms with Crippen molar-refractivity contribution in [1.82, 2.24) is 0 Å². The Kier molecular flexibility index (Phi) is 3.39. The summed E-state index contributed by atoms with van der Waals surface area (Å²) in [6.45, 7) is 0.873. The molecule has 1 saturated heterocycles. The minimum absolute atomic E-state index is 0.00113. The highest BCUT2D eigenvalue weighted by Crippen LogP contribution is 2.53. The summed E-state index contributed by atoms with van der Waals surface area (Å²) in [4.78, 5) is 12.8. The van der Waals surface area contributed by atoms with Gasteiger partial charge in [-0.1, -0.05) is 54.6 Å². The number of carbonyl (C=O) groups excluding carboxylic acids is 1. The first-order valence-corrected chi connectivity index (χ1v) is 8.81. The fourth-order valence-corrected chi connectivity index (χ4v) is 4.28. The number of ether oxygens (including phenoxy) is 2. The Balaban J connectivity index is 1.73. The average Bonchev–Trinajstić information content (AvgIpc) is 3.14. The van der Waals surface area contributed by atoms with Gasteiger partial charge in [0.05, 0.1) is 24.7 Å². The Hall–Kier alpha value is -2.69. The molecule has 1 fully saturated rings. The third-order valence-electron chi connectivity index (χ3n) is 5.43. The summed E-state index contributed by atoms with van der Waals surface area (Å²) < 4.78 is 12.2. The molecule has 4 nitrogen and oxygen atoms in total. The Morgan fingerprint density at radius 3 is 2.50 bits per heavy atom. The molecule has 3 aromatic carbocycles. The van der Waals surface area contributed by atoms with Crippen LogP contribution < -0.4 is 0 Å². The van der Waals surface area contributed by atoms with E-state index in [0.29, 0.717) is 24.3 Å². The van der Waals surface area contributed by atoms with Crippen molar-refractivity contribution in [3.05, 3.63) is 77.4 Å². The summed E-state index contributed by atoms with van der Waals surface area (Å²) in [5.41, 5.74) is 1.93. The van der Waals surface area contributed by atoms with Crippen molar-refractivity contribution in [2.24, 2.45) is 0 Å². The number of ketones is 1. The maximum absolute atomic E-state index is 12.8. The third kappa shape index (κ3) is 2.13. The molecule has 3 aromatic rings. The molecule has 0 radical (unpaired) electrons. The molecule has 130 valence electrons. The van der Waals surface area contributed by atoms with Gasteiger partial charge in [-0.2, -0.15) is 0 Å². The van der Waals surface area contributed by atoms with Crippen LogP contribution in [0.25, 0.3) is 10.8 Å². The number of fused-ring (bicyclic) bond motifs is 3. The number of Topliss-reactive ketones (excluding diaryl/α,β-unsaturated/α-hetero) is 1. The molecule has 0 amide bonds. The van der Waals surface area contributed by atoms with Crippen LogP contribution in [0, 0.1) is 0 Å². The highest BCUT2D eigenvalue weighted by atomic mass is 16.7. The molecule has 0 aromatic heterocycles. The first-order chi connectivity index (χ1) is 12.7. The smallest absolute Gasteiger partial charge is 0.206 e. The zero-order chi connectivity index (χ0) is 17.7. The fourth-order valence-electron chi connectivity index (χ4n) is 4.28. The fraction of sp³-hybridized carbons (Fsp3) is 0.227.